The molecule has 0 atom stereocenters. The van der Waals surface area contributed by atoms with Crippen molar-refractivity contribution in [2.24, 2.45) is 5.41 Å². The number of aliphatic carboxylic acids is 1. The van der Waals surface area contributed by atoms with Gasteiger partial charge < -0.3 is 19.5 Å². The van der Waals surface area contributed by atoms with Crippen LogP contribution in [0.5, 0.6) is 5.75 Å². The molecule has 1 aromatic carbocycles. The lowest BCUT2D eigenvalue weighted by atomic mass is 9.68. The third-order valence-corrected chi connectivity index (χ3v) is 4.24. The lowest BCUT2D eigenvalue weighted by molar-refractivity contribution is -0.151. The van der Waals surface area contributed by atoms with E-state index in [9.17, 15) is 9.59 Å². The van der Waals surface area contributed by atoms with Crippen LogP contribution in [0.4, 0.5) is 0 Å². The molecule has 1 saturated carbocycles. The first kappa shape index (κ1) is 17.3. The van der Waals surface area contributed by atoms with Gasteiger partial charge in [0.15, 0.2) is 6.61 Å². The van der Waals surface area contributed by atoms with Gasteiger partial charge in [-0.05, 0) is 30.5 Å². The number of hydrogen-bond acceptors (Lipinski definition) is 4. The molecule has 0 spiro atoms. The van der Waals surface area contributed by atoms with Crippen molar-refractivity contribution in [3.05, 3.63) is 29.8 Å². The van der Waals surface area contributed by atoms with E-state index in [0.29, 0.717) is 18.9 Å². The average molecular weight is 321 g/mol. The fraction of sp³-hybridized carbons (Fsp3) is 0.529. The van der Waals surface area contributed by atoms with E-state index in [0.717, 1.165) is 24.8 Å². The number of nitrogens with zero attached hydrogens (tertiary/aromatic N) is 1. The van der Waals surface area contributed by atoms with Gasteiger partial charge in [-0.15, -0.1) is 0 Å². The normalized spacial score (nSPS) is 15.6. The summed E-state index contributed by atoms with van der Waals surface area (Å²) in [4.78, 5) is 24.8. The number of methoxy groups -OCH3 is 1. The first-order valence-electron chi connectivity index (χ1n) is 7.65. The van der Waals surface area contributed by atoms with Crippen LogP contribution < -0.4 is 4.74 Å². The van der Waals surface area contributed by atoms with Crippen LogP contribution in [0.2, 0.25) is 0 Å². The molecule has 6 nitrogen and oxygen atoms in total. The van der Waals surface area contributed by atoms with E-state index in [1.165, 1.54) is 0 Å². The van der Waals surface area contributed by atoms with Crippen LogP contribution in [-0.2, 0) is 20.9 Å². The summed E-state index contributed by atoms with van der Waals surface area (Å²) in [6, 6.07) is 7.10. The summed E-state index contributed by atoms with van der Waals surface area (Å²) in [5.74, 6) is -0.389. The topological polar surface area (TPSA) is 76.1 Å². The van der Waals surface area contributed by atoms with Gasteiger partial charge in [0.2, 0.25) is 5.91 Å². The van der Waals surface area contributed by atoms with Gasteiger partial charge in [0.25, 0.3) is 0 Å². The molecule has 1 aliphatic rings. The molecule has 126 valence electrons. The monoisotopic (exact) mass is 321 g/mol. The Labute approximate surface area is 136 Å². The molecule has 0 saturated heterocycles. The third-order valence-electron chi connectivity index (χ3n) is 4.24. The molecule has 0 aromatic heterocycles. The van der Waals surface area contributed by atoms with Crippen LogP contribution >= 0.6 is 0 Å². The van der Waals surface area contributed by atoms with Crippen molar-refractivity contribution in [3.8, 4) is 5.75 Å². The fourth-order valence-corrected chi connectivity index (χ4v) is 2.89. The predicted molar refractivity (Wildman–Crippen MR) is 84.2 cm³/mol. The largest absolute Gasteiger partial charge is 0.482 e. The molecule has 0 unspecified atom stereocenters. The zero-order valence-corrected chi connectivity index (χ0v) is 13.6. The van der Waals surface area contributed by atoms with Crippen molar-refractivity contribution in [1.82, 2.24) is 4.90 Å². The Hall–Kier alpha value is -2.08. The SMILES string of the molecule is COCC1(C(=O)N(C)Cc2ccc(OCC(=O)O)cc2)CCC1. The molecule has 0 aliphatic heterocycles. The fourth-order valence-electron chi connectivity index (χ4n) is 2.89. The molecule has 0 radical (unpaired) electrons. The molecular formula is C17H23NO5. The van der Waals surface area contributed by atoms with Crippen LogP contribution in [0.25, 0.3) is 0 Å². The Morgan fingerprint density at radius 3 is 2.39 bits per heavy atom. The summed E-state index contributed by atoms with van der Waals surface area (Å²) in [6.07, 6.45) is 2.83. The second-order valence-corrected chi connectivity index (χ2v) is 6.05. The number of rotatable bonds is 8. The van der Waals surface area contributed by atoms with Crippen LogP contribution in [-0.4, -0.2) is 49.3 Å². The Kier molecular flexibility index (Phi) is 5.60. The Morgan fingerprint density at radius 1 is 1.26 bits per heavy atom. The van der Waals surface area contributed by atoms with E-state index >= 15 is 0 Å². The van der Waals surface area contributed by atoms with E-state index in [4.69, 9.17) is 14.6 Å². The zero-order valence-electron chi connectivity index (χ0n) is 13.6. The van der Waals surface area contributed by atoms with Gasteiger partial charge in [0, 0.05) is 20.7 Å². The van der Waals surface area contributed by atoms with Crippen LogP contribution in [0, 0.1) is 5.41 Å². The highest BCUT2D eigenvalue weighted by atomic mass is 16.5. The summed E-state index contributed by atoms with van der Waals surface area (Å²) in [7, 11) is 3.43. The van der Waals surface area contributed by atoms with Gasteiger partial charge in [-0.1, -0.05) is 18.6 Å². The smallest absolute Gasteiger partial charge is 0.341 e. The van der Waals surface area contributed by atoms with E-state index in [2.05, 4.69) is 0 Å². The first-order chi connectivity index (χ1) is 11.0. The predicted octanol–water partition coefficient (Wildman–Crippen LogP) is 1.93. The number of hydrogen-bond donors (Lipinski definition) is 1. The van der Waals surface area contributed by atoms with Gasteiger partial charge in [0.05, 0.1) is 12.0 Å². The van der Waals surface area contributed by atoms with E-state index < -0.39 is 5.97 Å². The van der Waals surface area contributed by atoms with Crippen LogP contribution in [0.1, 0.15) is 24.8 Å². The zero-order chi connectivity index (χ0) is 16.9. The minimum absolute atomic E-state index is 0.122. The van der Waals surface area contributed by atoms with Crippen LogP contribution in [0.3, 0.4) is 0 Å². The molecule has 23 heavy (non-hydrogen) atoms. The minimum Gasteiger partial charge on any atom is -0.482 e. The number of carboxylic acids is 1. The van der Waals surface area contributed by atoms with Crippen molar-refractivity contribution in [2.75, 3.05) is 27.4 Å². The van der Waals surface area contributed by atoms with Gasteiger partial charge in [0.1, 0.15) is 5.75 Å². The molecule has 0 heterocycles. The van der Waals surface area contributed by atoms with Crippen molar-refractivity contribution in [1.29, 1.82) is 0 Å². The number of carbonyl (C=O) groups is 2. The maximum absolute atomic E-state index is 12.6. The first-order valence-corrected chi connectivity index (χ1v) is 7.65. The summed E-state index contributed by atoms with van der Waals surface area (Å²) in [5, 5.41) is 8.58. The standard InChI is InChI=1S/C17H23NO5/c1-18(16(21)17(12-22-2)8-3-9-17)10-13-4-6-14(7-5-13)23-11-15(19)20/h4-7H,3,8-12H2,1-2H3,(H,19,20). The van der Waals surface area contributed by atoms with Crippen LogP contribution in [0.15, 0.2) is 24.3 Å². The third kappa shape index (κ3) is 4.22. The number of carbonyl (C=O) groups excluding carboxylic acids is 1. The summed E-state index contributed by atoms with van der Waals surface area (Å²) < 4.78 is 10.3. The highest BCUT2D eigenvalue weighted by Gasteiger charge is 2.45. The highest BCUT2D eigenvalue weighted by Crippen LogP contribution is 2.42. The summed E-state index contributed by atoms with van der Waals surface area (Å²) in [5.41, 5.74) is 0.615. The Morgan fingerprint density at radius 2 is 1.91 bits per heavy atom. The second kappa shape index (κ2) is 7.46. The average Bonchev–Trinajstić information content (AvgIpc) is 2.49. The molecule has 0 bridgehead atoms. The summed E-state index contributed by atoms with van der Waals surface area (Å²) in [6.45, 7) is 0.610. The molecule has 1 aliphatic carbocycles. The van der Waals surface area contributed by atoms with E-state index in [1.54, 1.807) is 31.2 Å². The molecule has 1 amide bonds. The number of ether oxygens (including phenoxy) is 2. The summed E-state index contributed by atoms with van der Waals surface area (Å²) >= 11 is 0. The Balaban J connectivity index is 1.93. The van der Waals surface area contributed by atoms with Gasteiger partial charge in [-0.2, -0.15) is 0 Å². The molecule has 1 N–H and O–H groups in total. The lowest BCUT2D eigenvalue weighted by Crippen LogP contribution is -2.48. The molecule has 6 heteroatoms. The second-order valence-electron chi connectivity index (χ2n) is 6.05. The maximum Gasteiger partial charge on any atom is 0.341 e. The van der Waals surface area contributed by atoms with E-state index in [-0.39, 0.29) is 17.9 Å². The molecule has 1 fully saturated rings. The van der Waals surface area contributed by atoms with Gasteiger partial charge in [-0.25, -0.2) is 4.79 Å². The van der Waals surface area contributed by atoms with Gasteiger partial charge in [-0.3, -0.25) is 4.79 Å². The van der Waals surface area contributed by atoms with Crippen molar-refractivity contribution >= 4 is 11.9 Å². The Bertz CT molecular complexity index is 551. The van der Waals surface area contributed by atoms with Crippen molar-refractivity contribution in [2.45, 2.75) is 25.8 Å². The van der Waals surface area contributed by atoms with E-state index in [1.807, 2.05) is 12.1 Å². The number of carboxylic acid groups (broad SMARTS) is 1. The molecule has 1 aromatic rings. The van der Waals surface area contributed by atoms with Crippen molar-refractivity contribution < 1.29 is 24.2 Å². The molecule has 2 rings (SSSR count). The van der Waals surface area contributed by atoms with Crippen molar-refractivity contribution in [3.63, 3.8) is 0 Å². The van der Waals surface area contributed by atoms with Gasteiger partial charge >= 0.3 is 5.97 Å². The minimum atomic E-state index is -1.01. The quantitative estimate of drug-likeness (QED) is 0.792. The lowest BCUT2D eigenvalue weighted by Gasteiger charge is -2.42. The number of benzene rings is 1. The number of amides is 1. The maximum atomic E-state index is 12.6. The molecular weight excluding hydrogens is 298 g/mol. The highest BCUT2D eigenvalue weighted by molar-refractivity contribution is 5.83.